The maximum atomic E-state index is 12.8. The molecule has 0 unspecified atom stereocenters. The lowest BCUT2D eigenvalue weighted by Crippen LogP contribution is -2.29. The first kappa shape index (κ1) is 17.5. The fourth-order valence-corrected chi connectivity index (χ4v) is 3.89. The molecule has 0 aliphatic heterocycles. The number of fused-ring (bicyclic) bond motifs is 1. The number of rotatable bonds is 3. The molecule has 1 heterocycles. The molecule has 0 fully saturated rings. The molecule has 130 valence electrons. The van der Waals surface area contributed by atoms with Gasteiger partial charge in [0.2, 0.25) is 0 Å². The van der Waals surface area contributed by atoms with Crippen molar-refractivity contribution < 1.29 is 31.6 Å². The molecule has 0 radical (unpaired) electrons. The third-order valence-electron chi connectivity index (χ3n) is 3.73. The first-order chi connectivity index (χ1) is 11.6. The smallest absolute Gasteiger partial charge is 0.423 e. The van der Waals surface area contributed by atoms with E-state index >= 15 is 0 Å². The van der Waals surface area contributed by atoms with E-state index in [1.165, 1.54) is 12.1 Å². The first-order valence-electron chi connectivity index (χ1n) is 7.01. The average Bonchev–Trinajstić information content (AvgIpc) is 2.95. The summed E-state index contributed by atoms with van der Waals surface area (Å²) < 4.78 is 64.2. The Kier molecular flexibility index (Phi) is 4.14. The van der Waals surface area contributed by atoms with Crippen LogP contribution in [-0.4, -0.2) is 29.6 Å². The van der Waals surface area contributed by atoms with Crippen LogP contribution in [0.2, 0.25) is 0 Å². The molecule has 0 bridgehead atoms. The summed E-state index contributed by atoms with van der Waals surface area (Å²) in [7, 11) is -6.11. The van der Waals surface area contributed by atoms with Gasteiger partial charge in [-0.25, -0.2) is 12.4 Å². The van der Waals surface area contributed by atoms with Crippen LogP contribution in [0.25, 0.3) is 10.9 Å². The number of aromatic nitrogens is 1. The molecule has 3 aromatic rings. The van der Waals surface area contributed by atoms with E-state index in [0.29, 0.717) is 17.5 Å². The monoisotopic (exact) mass is 369 g/mol. The molecule has 0 saturated carbocycles. The Labute approximate surface area is 141 Å². The SMILES string of the molecule is O=S(=O)(c1ccc(C(F)(F)F)cc1)n1cc(B(O)O)c2ccccc21. The summed E-state index contributed by atoms with van der Waals surface area (Å²) in [5.41, 5.74) is -0.799. The highest BCUT2D eigenvalue weighted by molar-refractivity contribution is 7.90. The normalized spacial score (nSPS) is 12.5. The summed E-state index contributed by atoms with van der Waals surface area (Å²) in [4.78, 5) is -0.347. The van der Waals surface area contributed by atoms with Gasteiger partial charge in [0.1, 0.15) is 0 Å². The molecule has 1 aromatic heterocycles. The van der Waals surface area contributed by atoms with E-state index in [9.17, 15) is 31.6 Å². The Hall–Kier alpha value is -2.30. The zero-order chi connectivity index (χ0) is 18.4. The largest absolute Gasteiger partial charge is 0.490 e. The molecule has 0 amide bonds. The number of hydrogen-bond donors (Lipinski definition) is 2. The van der Waals surface area contributed by atoms with E-state index in [0.717, 1.165) is 22.3 Å². The summed E-state index contributed by atoms with van der Waals surface area (Å²) >= 11 is 0. The Bertz CT molecular complexity index is 1030. The highest BCUT2D eigenvalue weighted by Crippen LogP contribution is 2.30. The second-order valence-electron chi connectivity index (χ2n) is 5.30. The van der Waals surface area contributed by atoms with Gasteiger partial charge >= 0.3 is 13.3 Å². The summed E-state index contributed by atoms with van der Waals surface area (Å²) in [5.74, 6) is 0. The summed E-state index contributed by atoms with van der Waals surface area (Å²) in [6.07, 6.45) is -3.53. The van der Waals surface area contributed by atoms with Crippen LogP contribution < -0.4 is 5.46 Å². The van der Waals surface area contributed by atoms with Gasteiger partial charge in [-0.15, -0.1) is 0 Å². The predicted octanol–water partition coefficient (Wildman–Crippen LogP) is 1.58. The Morgan fingerprint density at radius 2 is 1.56 bits per heavy atom. The maximum absolute atomic E-state index is 12.8. The average molecular weight is 369 g/mol. The summed E-state index contributed by atoms with van der Waals surface area (Å²) in [6.45, 7) is 0. The molecule has 0 aliphatic carbocycles. The van der Waals surface area contributed by atoms with Crippen molar-refractivity contribution in [3.8, 4) is 0 Å². The van der Waals surface area contributed by atoms with Gasteiger partial charge in [-0.1, -0.05) is 18.2 Å². The van der Waals surface area contributed by atoms with Gasteiger partial charge in [-0.05, 0) is 30.3 Å². The molecule has 0 saturated heterocycles. The molecule has 2 N–H and O–H groups in total. The standard InChI is InChI=1S/C15H11BF3NO4S/c17-15(18,19)10-5-7-11(8-6-10)25(23,24)20-9-13(16(21)22)12-3-1-2-4-14(12)20/h1-9,21-22H. The van der Waals surface area contributed by atoms with E-state index in [1.54, 1.807) is 12.1 Å². The molecule has 0 atom stereocenters. The number of halogens is 3. The zero-order valence-electron chi connectivity index (χ0n) is 12.5. The quantitative estimate of drug-likeness (QED) is 0.688. The van der Waals surface area contributed by atoms with Gasteiger partial charge in [-0.3, -0.25) is 0 Å². The van der Waals surface area contributed by atoms with Crippen LogP contribution >= 0.6 is 0 Å². The lowest BCUT2D eigenvalue weighted by atomic mass is 9.80. The van der Waals surface area contributed by atoms with Crippen LogP contribution in [0.5, 0.6) is 0 Å². The number of benzene rings is 2. The highest BCUT2D eigenvalue weighted by atomic mass is 32.2. The zero-order valence-corrected chi connectivity index (χ0v) is 13.3. The third-order valence-corrected chi connectivity index (χ3v) is 5.41. The molecule has 0 spiro atoms. The van der Waals surface area contributed by atoms with Crippen molar-refractivity contribution >= 4 is 33.5 Å². The second-order valence-corrected chi connectivity index (χ2v) is 7.11. The van der Waals surface area contributed by atoms with Gasteiger partial charge in [0.15, 0.2) is 0 Å². The van der Waals surface area contributed by atoms with E-state index in [2.05, 4.69) is 0 Å². The Morgan fingerprint density at radius 3 is 2.12 bits per heavy atom. The lowest BCUT2D eigenvalue weighted by Gasteiger charge is -2.10. The van der Waals surface area contributed by atoms with E-state index < -0.39 is 28.9 Å². The number of para-hydroxylation sites is 1. The van der Waals surface area contributed by atoms with Crippen molar-refractivity contribution in [2.24, 2.45) is 0 Å². The number of nitrogens with zero attached hydrogens (tertiary/aromatic N) is 1. The third kappa shape index (κ3) is 3.03. The summed E-state index contributed by atoms with van der Waals surface area (Å²) in [6, 6.07) is 9.23. The number of hydrogen-bond acceptors (Lipinski definition) is 4. The van der Waals surface area contributed by atoms with Crippen LogP contribution in [-0.2, 0) is 16.2 Å². The number of alkyl halides is 3. The van der Waals surface area contributed by atoms with Gasteiger partial charge in [0.25, 0.3) is 10.0 Å². The molecule has 0 aliphatic rings. The molecule has 5 nitrogen and oxygen atoms in total. The van der Waals surface area contributed by atoms with E-state index in [1.807, 2.05) is 0 Å². The van der Waals surface area contributed by atoms with Crippen molar-refractivity contribution in [3.05, 3.63) is 60.3 Å². The van der Waals surface area contributed by atoms with Crippen molar-refractivity contribution in [1.29, 1.82) is 0 Å². The van der Waals surface area contributed by atoms with Crippen LogP contribution in [0.1, 0.15) is 5.56 Å². The fraction of sp³-hybridized carbons (Fsp3) is 0.0667. The highest BCUT2D eigenvalue weighted by Gasteiger charge is 2.31. The van der Waals surface area contributed by atoms with Gasteiger partial charge in [-0.2, -0.15) is 13.2 Å². The molecule has 2 aromatic carbocycles. The molecule has 3 rings (SSSR count). The first-order valence-corrected chi connectivity index (χ1v) is 8.45. The van der Waals surface area contributed by atoms with Crippen molar-refractivity contribution in [3.63, 3.8) is 0 Å². The predicted molar refractivity (Wildman–Crippen MR) is 85.8 cm³/mol. The van der Waals surface area contributed by atoms with Gasteiger partial charge in [0.05, 0.1) is 16.0 Å². The topological polar surface area (TPSA) is 79.5 Å². The van der Waals surface area contributed by atoms with E-state index in [4.69, 9.17) is 0 Å². The van der Waals surface area contributed by atoms with Gasteiger partial charge in [0, 0.05) is 17.0 Å². The minimum Gasteiger partial charge on any atom is -0.423 e. The minimum atomic E-state index is -4.57. The van der Waals surface area contributed by atoms with Gasteiger partial charge < -0.3 is 10.0 Å². The van der Waals surface area contributed by atoms with Crippen LogP contribution in [0.4, 0.5) is 13.2 Å². The summed E-state index contributed by atoms with van der Waals surface area (Å²) in [5, 5.41) is 19.2. The Balaban J connectivity index is 2.17. The second kappa shape index (κ2) is 5.90. The van der Waals surface area contributed by atoms with Crippen LogP contribution in [0.15, 0.2) is 59.6 Å². The molecular formula is C15H11BF3NO4S. The van der Waals surface area contributed by atoms with Crippen molar-refractivity contribution in [2.75, 3.05) is 0 Å². The fourth-order valence-electron chi connectivity index (χ4n) is 2.51. The van der Waals surface area contributed by atoms with Crippen molar-refractivity contribution in [2.45, 2.75) is 11.1 Å². The maximum Gasteiger partial charge on any atom is 0.490 e. The van der Waals surface area contributed by atoms with Crippen LogP contribution in [0.3, 0.4) is 0 Å². The van der Waals surface area contributed by atoms with Crippen molar-refractivity contribution in [1.82, 2.24) is 3.97 Å². The van der Waals surface area contributed by atoms with Crippen LogP contribution in [0, 0.1) is 0 Å². The lowest BCUT2D eigenvalue weighted by molar-refractivity contribution is -0.137. The minimum absolute atomic E-state index is 0.0221. The Morgan fingerprint density at radius 1 is 0.960 bits per heavy atom. The van der Waals surface area contributed by atoms with E-state index in [-0.39, 0.29) is 15.9 Å². The molecule has 10 heteroatoms. The molecule has 25 heavy (non-hydrogen) atoms. The molecular weight excluding hydrogens is 358 g/mol.